The van der Waals surface area contributed by atoms with Gasteiger partial charge in [-0.3, -0.25) is 4.79 Å². The minimum atomic E-state index is -0.201. The topological polar surface area (TPSA) is 74.3 Å². The second-order valence-corrected chi connectivity index (χ2v) is 8.86. The van der Waals surface area contributed by atoms with E-state index in [-0.39, 0.29) is 5.56 Å². The molecule has 0 N–H and O–H groups in total. The van der Waals surface area contributed by atoms with Gasteiger partial charge in [0, 0.05) is 22.9 Å². The summed E-state index contributed by atoms with van der Waals surface area (Å²) in [4.78, 5) is 18.3. The lowest BCUT2D eigenvalue weighted by molar-refractivity contribution is 0.415. The van der Waals surface area contributed by atoms with Crippen molar-refractivity contribution in [1.29, 1.82) is 0 Å². The van der Waals surface area contributed by atoms with Gasteiger partial charge in [-0.05, 0) is 42.5 Å². The molecule has 170 valence electrons. The molecule has 3 aromatic heterocycles. The molecule has 0 bridgehead atoms. The van der Waals surface area contributed by atoms with Crippen molar-refractivity contribution in [3.8, 4) is 34.1 Å². The van der Waals surface area contributed by atoms with Crippen molar-refractivity contribution in [1.82, 2.24) is 24.4 Å². The number of ether oxygens (including phenoxy) is 1. The van der Waals surface area contributed by atoms with Crippen molar-refractivity contribution < 1.29 is 4.74 Å². The molecular formula is C27H19N5O2S. The highest BCUT2D eigenvalue weighted by Gasteiger charge is 2.15. The zero-order valence-electron chi connectivity index (χ0n) is 18.7. The summed E-state index contributed by atoms with van der Waals surface area (Å²) in [5, 5.41) is 9.28. The summed E-state index contributed by atoms with van der Waals surface area (Å²) in [6.45, 7) is 0. The fourth-order valence-corrected chi connectivity index (χ4v) is 4.76. The number of methoxy groups -OCH3 is 1. The molecule has 0 unspecified atom stereocenters. The summed E-state index contributed by atoms with van der Waals surface area (Å²) in [6.07, 6.45) is 3.79. The molecule has 0 spiro atoms. The summed E-state index contributed by atoms with van der Waals surface area (Å²) >= 11 is 1.31. The lowest BCUT2D eigenvalue weighted by atomic mass is 10.1. The molecule has 35 heavy (non-hydrogen) atoms. The number of thiazole rings is 1. The highest BCUT2D eigenvalue weighted by atomic mass is 32.1. The summed E-state index contributed by atoms with van der Waals surface area (Å²) in [6, 6.07) is 27.2. The van der Waals surface area contributed by atoms with Crippen LogP contribution in [-0.4, -0.2) is 31.5 Å². The molecular weight excluding hydrogens is 458 g/mol. The van der Waals surface area contributed by atoms with Gasteiger partial charge in [-0.25, -0.2) is 4.68 Å². The van der Waals surface area contributed by atoms with Gasteiger partial charge in [0.2, 0.25) is 4.96 Å². The summed E-state index contributed by atoms with van der Waals surface area (Å²) in [5.74, 6) is 1.31. The molecule has 3 heterocycles. The highest BCUT2D eigenvalue weighted by molar-refractivity contribution is 7.15. The Labute approximate surface area is 204 Å². The van der Waals surface area contributed by atoms with Crippen molar-refractivity contribution in [2.75, 3.05) is 7.11 Å². The van der Waals surface area contributed by atoms with Crippen LogP contribution < -0.4 is 14.8 Å². The Morgan fingerprint density at radius 3 is 2.26 bits per heavy atom. The lowest BCUT2D eigenvalue weighted by Crippen LogP contribution is -2.23. The summed E-state index contributed by atoms with van der Waals surface area (Å²) in [7, 11) is 1.64. The van der Waals surface area contributed by atoms with E-state index in [1.54, 1.807) is 7.11 Å². The van der Waals surface area contributed by atoms with Crippen LogP contribution >= 0.6 is 11.3 Å². The molecule has 0 fully saturated rings. The van der Waals surface area contributed by atoms with E-state index in [1.165, 1.54) is 15.9 Å². The number of rotatable bonds is 5. The molecule has 0 aliphatic carbocycles. The molecule has 0 radical (unpaired) electrons. The van der Waals surface area contributed by atoms with E-state index in [2.05, 4.69) is 10.1 Å². The van der Waals surface area contributed by atoms with Crippen LogP contribution in [0.1, 0.15) is 5.56 Å². The third-order valence-corrected chi connectivity index (χ3v) is 6.59. The van der Waals surface area contributed by atoms with Crippen LogP contribution in [0.4, 0.5) is 0 Å². The monoisotopic (exact) mass is 477 g/mol. The standard InChI is InChI=1S/C27H19N5O2S/c1-34-22-14-12-18(13-15-22)24-20(17-31(29-24)21-10-6-3-7-11-21)16-23-26(33)32-27(35-23)28-25(30-32)19-8-4-2-5-9-19/h2-17H,1H3. The summed E-state index contributed by atoms with van der Waals surface area (Å²) < 4.78 is 9.03. The number of aromatic nitrogens is 5. The van der Waals surface area contributed by atoms with Crippen LogP contribution in [0.2, 0.25) is 0 Å². The van der Waals surface area contributed by atoms with Gasteiger partial charge in [-0.2, -0.15) is 14.6 Å². The van der Waals surface area contributed by atoms with Gasteiger partial charge in [0.15, 0.2) is 5.82 Å². The minimum absolute atomic E-state index is 0.201. The predicted molar refractivity (Wildman–Crippen MR) is 137 cm³/mol. The first-order valence-corrected chi connectivity index (χ1v) is 11.8. The van der Waals surface area contributed by atoms with E-state index in [0.29, 0.717) is 15.3 Å². The largest absolute Gasteiger partial charge is 0.497 e. The van der Waals surface area contributed by atoms with Crippen molar-refractivity contribution in [3.05, 3.63) is 112 Å². The van der Waals surface area contributed by atoms with Gasteiger partial charge in [0.05, 0.1) is 17.3 Å². The molecule has 0 saturated heterocycles. The van der Waals surface area contributed by atoms with Gasteiger partial charge in [0.1, 0.15) is 11.4 Å². The van der Waals surface area contributed by atoms with Gasteiger partial charge < -0.3 is 4.74 Å². The van der Waals surface area contributed by atoms with Crippen LogP contribution in [0.3, 0.4) is 0 Å². The van der Waals surface area contributed by atoms with Gasteiger partial charge >= 0.3 is 0 Å². The normalized spacial score (nSPS) is 11.9. The predicted octanol–water partition coefficient (Wildman–Crippen LogP) is 4.23. The van der Waals surface area contributed by atoms with Crippen LogP contribution in [0, 0.1) is 0 Å². The fraction of sp³-hybridized carbons (Fsp3) is 0.0370. The van der Waals surface area contributed by atoms with Crippen molar-refractivity contribution in [2.24, 2.45) is 0 Å². The number of nitrogens with zero attached hydrogens (tertiary/aromatic N) is 5. The third-order valence-electron chi connectivity index (χ3n) is 5.63. The van der Waals surface area contributed by atoms with E-state index in [0.717, 1.165) is 33.8 Å². The molecule has 6 rings (SSSR count). The quantitative estimate of drug-likeness (QED) is 0.372. The lowest BCUT2D eigenvalue weighted by Gasteiger charge is -2.02. The Hall–Kier alpha value is -4.56. The average molecular weight is 478 g/mol. The number of benzene rings is 3. The zero-order chi connectivity index (χ0) is 23.8. The number of para-hydroxylation sites is 1. The average Bonchev–Trinajstić information content (AvgIpc) is 3.60. The van der Waals surface area contributed by atoms with Crippen LogP contribution in [0.15, 0.2) is 95.9 Å². The van der Waals surface area contributed by atoms with Crippen molar-refractivity contribution in [2.45, 2.75) is 0 Å². The maximum absolute atomic E-state index is 13.2. The zero-order valence-corrected chi connectivity index (χ0v) is 19.5. The Balaban J connectivity index is 1.48. The molecule has 0 amide bonds. The smallest absolute Gasteiger partial charge is 0.291 e. The minimum Gasteiger partial charge on any atom is -0.497 e. The fourth-order valence-electron chi connectivity index (χ4n) is 3.86. The Kier molecular flexibility index (Phi) is 5.20. The van der Waals surface area contributed by atoms with Gasteiger partial charge in [-0.1, -0.05) is 59.9 Å². The number of hydrogen-bond donors (Lipinski definition) is 0. The first-order valence-electron chi connectivity index (χ1n) is 11.0. The number of fused-ring (bicyclic) bond motifs is 1. The van der Waals surface area contributed by atoms with E-state index >= 15 is 0 Å². The van der Waals surface area contributed by atoms with Gasteiger partial charge in [0.25, 0.3) is 5.56 Å². The molecule has 0 aliphatic heterocycles. The van der Waals surface area contributed by atoms with Crippen LogP contribution in [0.5, 0.6) is 5.75 Å². The SMILES string of the molecule is COc1ccc(-c2nn(-c3ccccc3)cc2C=c2sc3nc(-c4ccccc4)nn3c2=O)cc1. The molecule has 0 aliphatic rings. The Morgan fingerprint density at radius 1 is 0.857 bits per heavy atom. The highest BCUT2D eigenvalue weighted by Crippen LogP contribution is 2.26. The second-order valence-electron chi connectivity index (χ2n) is 7.85. The van der Waals surface area contributed by atoms with Crippen LogP contribution in [-0.2, 0) is 0 Å². The van der Waals surface area contributed by atoms with Gasteiger partial charge in [-0.15, -0.1) is 5.10 Å². The van der Waals surface area contributed by atoms with E-state index in [9.17, 15) is 4.79 Å². The van der Waals surface area contributed by atoms with Crippen molar-refractivity contribution in [3.63, 3.8) is 0 Å². The van der Waals surface area contributed by atoms with Crippen LogP contribution in [0.25, 0.3) is 39.4 Å². The molecule has 0 saturated carbocycles. The first kappa shape index (κ1) is 21.0. The van der Waals surface area contributed by atoms with Crippen molar-refractivity contribution >= 4 is 22.4 Å². The molecule has 8 heteroatoms. The van der Waals surface area contributed by atoms with E-state index in [1.807, 2.05) is 102 Å². The first-order chi connectivity index (χ1) is 17.2. The second kappa shape index (κ2) is 8.66. The molecule has 7 nitrogen and oxygen atoms in total. The molecule has 0 atom stereocenters. The summed E-state index contributed by atoms with van der Waals surface area (Å²) in [5.41, 5.74) is 4.11. The molecule has 6 aromatic rings. The molecule has 3 aromatic carbocycles. The number of hydrogen-bond acceptors (Lipinski definition) is 6. The third kappa shape index (κ3) is 3.89. The van der Waals surface area contributed by atoms with E-state index < -0.39 is 0 Å². The Bertz CT molecular complexity index is 1740. The maximum Gasteiger partial charge on any atom is 0.291 e. The maximum atomic E-state index is 13.2. The van der Waals surface area contributed by atoms with E-state index in [4.69, 9.17) is 9.84 Å². The Morgan fingerprint density at radius 2 is 1.57 bits per heavy atom.